The van der Waals surface area contributed by atoms with E-state index in [0.717, 1.165) is 28.6 Å². The number of rotatable bonds is 9. The summed E-state index contributed by atoms with van der Waals surface area (Å²) < 4.78 is 14.1. The average molecular weight is 511 g/mol. The summed E-state index contributed by atoms with van der Waals surface area (Å²) in [6.07, 6.45) is 14.4. The summed E-state index contributed by atoms with van der Waals surface area (Å²) in [5, 5.41) is 5.77. The number of nitrogens with two attached hydrogens (primary N) is 1. The molecule has 1 aromatic heterocycles. The monoisotopic (exact) mass is 510 g/mol. The third kappa shape index (κ3) is 5.56. The van der Waals surface area contributed by atoms with Crippen LogP contribution in [0.1, 0.15) is 26.2 Å². The molecule has 0 radical (unpaired) electrons. The highest BCUT2D eigenvalue weighted by Gasteiger charge is 2.28. The summed E-state index contributed by atoms with van der Waals surface area (Å²) >= 11 is 0. The SMILES string of the molecule is CCOC1C=CC(/C(OCNC(=O)CN2CNc3c2c(=O)n(C)c(=O)n3C)=C(/N)C2=CC=CCC2)=CC1. The topological polar surface area (TPSA) is 133 Å². The molecule has 0 saturated heterocycles. The van der Waals surface area contributed by atoms with Gasteiger partial charge in [-0.05, 0) is 31.8 Å². The summed E-state index contributed by atoms with van der Waals surface area (Å²) in [6.45, 7) is 2.64. The average Bonchev–Trinajstić information content (AvgIpc) is 3.33. The normalized spacial score (nSPS) is 19.0. The van der Waals surface area contributed by atoms with Gasteiger partial charge in [-0.1, -0.05) is 36.5 Å². The molecule has 1 aromatic rings. The zero-order valence-electron chi connectivity index (χ0n) is 21.5. The van der Waals surface area contributed by atoms with Gasteiger partial charge in [0.2, 0.25) is 5.91 Å². The Morgan fingerprint density at radius 1 is 1.27 bits per heavy atom. The minimum absolute atomic E-state index is 0.0110. The number of carbonyl (C=O) groups is 1. The molecule has 0 spiro atoms. The molecule has 1 atom stereocenters. The fourth-order valence-electron chi connectivity index (χ4n) is 4.51. The molecule has 1 aliphatic heterocycles. The third-order valence-corrected chi connectivity index (χ3v) is 6.52. The lowest BCUT2D eigenvalue weighted by atomic mass is 9.97. The largest absolute Gasteiger partial charge is 0.470 e. The van der Waals surface area contributed by atoms with Crippen LogP contribution < -0.4 is 32.5 Å². The van der Waals surface area contributed by atoms with E-state index in [1.165, 1.54) is 11.6 Å². The van der Waals surface area contributed by atoms with Crippen LogP contribution in [-0.4, -0.2) is 47.7 Å². The van der Waals surface area contributed by atoms with Crippen molar-refractivity contribution in [3.63, 3.8) is 0 Å². The van der Waals surface area contributed by atoms with E-state index in [-0.39, 0.29) is 37.6 Å². The van der Waals surface area contributed by atoms with Gasteiger partial charge in [0.1, 0.15) is 11.5 Å². The predicted octanol–water partition coefficient (Wildman–Crippen LogP) is 1.10. The second kappa shape index (κ2) is 11.4. The van der Waals surface area contributed by atoms with E-state index in [1.54, 1.807) is 11.9 Å². The highest BCUT2D eigenvalue weighted by atomic mass is 16.5. The van der Waals surface area contributed by atoms with Crippen molar-refractivity contribution in [1.29, 1.82) is 0 Å². The number of anilines is 2. The Morgan fingerprint density at radius 3 is 2.76 bits per heavy atom. The van der Waals surface area contributed by atoms with E-state index >= 15 is 0 Å². The summed E-state index contributed by atoms with van der Waals surface area (Å²) in [5.74, 6) is 0.560. The van der Waals surface area contributed by atoms with Crippen molar-refractivity contribution in [2.45, 2.75) is 32.3 Å². The number of ether oxygens (including phenoxy) is 2. The van der Waals surface area contributed by atoms with Gasteiger partial charge in [0.25, 0.3) is 5.56 Å². The number of allylic oxidation sites excluding steroid dienone is 5. The summed E-state index contributed by atoms with van der Waals surface area (Å²) in [5.41, 5.74) is 8.26. The van der Waals surface area contributed by atoms with Crippen molar-refractivity contribution in [2.24, 2.45) is 19.8 Å². The Hall–Kier alpha value is -3.99. The van der Waals surface area contributed by atoms with Crippen LogP contribution >= 0.6 is 0 Å². The maximum Gasteiger partial charge on any atom is 0.332 e. The van der Waals surface area contributed by atoms with Crippen molar-refractivity contribution < 1.29 is 14.3 Å². The van der Waals surface area contributed by atoms with Gasteiger partial charge in [0, 0.05) is 26.3 Å². The van der Waals surface area contributed by atoms with Crippen molar-refractivity contribution in [3.8, 4) is 0 Å². The van der Waals surface area contributed by atoms with Crippen molar-refractivity contribution in [1.82, 2.24) is 14.5 Å². The van der Waals surface area contributed by atoms with E-state index in [2.05, 4.69) is 16.7 Å². The van der Waals surface area contributed by atoms with Crippen LogP contribution in [0, 0.1) is 0 Å². The minimum atomic E-state index is -0.457. The molecular weight excluding hydrogens is 476 g/mol. The molecule has 4 rings (SSSR count). The standard InChI is InChI=1S/C26H34N6O5/c1-4-36-19-12-10-18(11-13-19)23(21(27)17-8-6-5-7-9-17)37-16-29-20(33)14-32-15-28-24-22(32)25(34)31(3)26(35)30(24)2/h5-6,8,10-12,19,28H,4,7,9,13-16,27H2,1-3H3,(H,29,33)/b23-21-. The lowest BCUT2D eigenvalue weighted by molar-refractivity contribution is -0.121. The number of fused-ring (bicyclic) bond motifs is 1. The number of aromatic nitrogens is 2. The molecule has 37 heavy (non-hydrogen) atoms. The van der Waals surface area contributed by atoms with Crippen LogP contribution in [0.2, 0.25) is 0 Å². The smallest absolute Gasteiger partial charge is 0.332 e. The van der Waals surface area contributed by atoms with Crippen LogP contribution in [0.15, 0.2) is 68.6 Å². The summed E-state index contributed by atoms with van der Waals surface area (Å²) in [4.78, 5) is 39.2. The number of nitrogens with zero attached hydrogens (tertiary/aromatic N) is 3. The number of amides is 1. The van der Waals surface area contributed by atoms with Gasteiger partial charge >= 0.3 is 5.69 Å². The first kappa shape index (κ1) is 26.1. The quantitative estimate of drug-likeness (QED) is 0.332. The molecule has 4 N–H and O–H groups in total. The van der Waals surface area contributed by atoms with Crippen LogP contribution in [0.5, 0.6) is 0 Å². The second-order valence-corrected chi connectivity index (χ2v) is 8.97. The lowest BCUT2D eigenvalue weighted by Crippen LogP contribution is -2.42. The third-order valence-electron chi connectivity index (χ3n) is 6.52. The van der Waals surface area contributed by atoms with Crippen molar-refractivity contribution in [3.05, 3.63) is 79.9 Å². The van der Waals surface area contributed by atoms with E-state index in [9.17, 15) is 14.4 Å². The minimum Gasteiger partial charge on any atom is -0.470 e. The van der Waals surface area contributed by atoms with Gasteiger partial charge in [-0.2, -0.15) is 0 Å². The van der Waals surface area contributed by atoms with Crippen LogP contribution in [0.4, 0.5) is 11.5 Å². The van der Waals surface area contributed by atoms with E-state index in [1.807, 2.05) is 37.3 Å². The molecule has 0 saturated carbocycles. The first-order valence-electron chi connectivity index (χ1n) is 12.4. The van der Waals surface area contributed by atoms with Gasteiger partial charge in [0.15, 0.2) is 12.5 Å². The predicted molar refractivity (Wildman–Crippen MR) is 142 cm³/mol. The molecule has 2 aliphatic carbocycles. The van der Waals surface area contributed by atoms with Crippen LogP contribution in [0.3, 0.4) is 0 Å². The Kier molecular flexibility index (Phi) is 8.02. The first-order valence-corrected chi connectivity index (χ1v) is 12.4. The van der Waals surface area contributed by atoms with Gasteiger partial charge < -0.3 is 30.7 Å². The number of hydrogen-bond donors (Lipinski definition) is 3. The number of hydrogen-bond acceptors (Lipinski definition) is 8. The van der Waals surface area contributed by atoms with Gasteiger partial charge in [-0.3, -0.25) is 18.7 Å². The highest BCUT2D eigenvalue weighted by Crippen LogP contribution is 2.28. The maximum absolute atomic E-state index is 12.8. The summed E-state index contributed by atoms with van der Waals surface area (Å²) in [7, 11) is 2.99. The summed E-state index contributed by atoms with van der Waals surface area (Å²) in [6, 6.07) is 0. The Morgan fingerprint density at radius 2 is 2.08 bits per heavy atom. The fourth-order valence-corrected chi connectivity index (χ4v) is 4.51. The van der Waals surface area contributed by atoms with Gasteiger partial charge in [-0.15, -0.1) is 0 Å². The number of carbonyl (C=O) groups excluding carboxylic acids is 1. The first-order chi connectivity index (χ1) is 17.8. The lowest BCUT2D eigenvalue weighted by Gasteiger charge is -2.22. The Labute approximate surface area is 215 Å². The number of nitrogens with one attached hydrogen (secondary N) is 2. The fraction of sp³-hybridized carbons (Fsp3) is 0.423. The molecule has 198 valence electrons. The molecule has 0 aromatic carbocycles. The van der Waals surface area contributed by atoms with Crippen LogP contribution in [0.25, 0.3) is 0 Å². The van der Waals surface area contributed by atoms with Crippen molar-refractivity contribution >= 4 is 17.4 Å². The maximum atomic E-state index is 12.8. The second-order valence-electron chi connectivity index (χ2n) is 8.97. The van der Waals surface area contributed by atoms with Gasteiger partial charge in [0.05, 0.1) is 25.0 Å². The molecule has 0 fully saturated rings. The Bertz CT molecular complexity index is 1330. The zero-order chi connectivity index (χ0) is 26.5. The van der Waals surface area contributed by atoms with Gasteiger partial charge in [-0.25, -0.2) is 4.79 Å². The van der Waals surface area contributed by atoms with Crippen molar-refractivity contribution in [2.75, 3.05) is 36.8 Å². The molecule has 1 amide bonds. The molecular formula is C26H34N6O5. The van der Waals surface area contributed by atoms with Crippen LogP contribution in [-0.2, 0) is 28.4 Å². The van der Waals surface area contributed by atoms with E-state index in [4.69, 9.17) is 15.2 Å². The molecule has 11 heteroatoms. The molecule has 2 heterocycles. The Balaban J connectivity index is 1.44. The molecule has 11 nitrogen and oxygen atoms in total. The zero-order valence-corrected chi connectivity index (χ0v) is 21.5. The molecule has 0 bridgehead atoms. The highest BCUT2D eigenvalue weighted by molar-refractivity contribution is 5.84. The molecule has 1 unspecified atom stereocenters. The molecule has 3 aliphatic rings. The van der Waals surface area contributed by atoms with E-state index < -0.39 is 11.2 Å². The van der Waals surface area contributed by atoms with E-state index in [0.29, 0.717) is 30.3 Å².